The minimum Gasteiger partial charge on any atom is -0.466 e. The van der Waals surface area contributed by atoms with Crippen molar-refractivity contribution >= 4 is 11.9 Å². The number of hydrogen-bond donors (Lipinski definition) is 3. The molecule has 0 rings (SSSR count). The number of carbonyl (C=O) groups excluding carboxylic acids is 2. The van der Waals surface area contributed by atoms with Gasteiger partial charge in [0.05, 0.1) is 25.4 Å². The van der Waals surface area contributed by atoms with Gasteiger partial charge in [-0.25, -0.2) is 0 Å². The number of aliphatic hydroxyl groups excluding tert-OH is 2. The summed E-state index contributed by atoms with van der Waals surface area (Å²) in [7, 11) is 0. The average Bonchev–Trinajstić information content (AvgIpc) is 3.41. The summed E-state index contributed by atoms with van der Waals surface area (Å²) in [6.07, 6.45) is 80.8. The van der Waals surface area contributed by atoms with Crippen molar-refractivity contribution in [1.82, 2.24) is 5.32 Å². The van der Waals surface area contributed by atoms with Gasteiger partial charge in [-0.05, 0) is 51.4 Å². The Morgan fingerprint density at radius 2 is 0.693 bits per heavy atom. The Morgan fingerprint density at radius 3 is 1.07 bits per heavy atom. The number of carbonyl (C=O) groups is 2. The summed E-state index contributed by atoms with van der Waals surface area (Å²) in [5.74, 6) is -0.0246. The van der Waals surface area contributed by atoms with Crippen LogP contribution in [-0.2, 0) is 14.3 Å². The maximum Gasteiger partial charge on any atom is 0.305 e. The van der Waals surface area contributed by atoms with E-state index in [2.05, 4.69) is 43.5 Å². The minimum atomic E-state index is -0.662. The van der Waals surface area contributed by atoms with E-state index in [9.17, 15) is 19.8 Å². The van der Waals surface area contributed by atoms with E-state index in [0.717, 1.165) is 51.4 Å². The van der Waals surface area contributed by atoms with Crippen LogP contribution in [-0.4, -0.2) is 47.4 Å². The molecule has 2 atom stereocenters. The summed E-state index contributed by atoms with van der Waals surface area (Å²) in [5.41, 5.74) is 0. The number of esters is 1. The van der Waals surface area contributed by atoms with Gasteiger partial charge in [0.15, 0.2) is 0 Å². The van der Waals surface area contributed by atoms with Crippen LogP contribution in [0.15, 0.2) is 24.3 Å². The van der Waals surface area contributed by atoms with Crippen molar-refractivity contribution in [3.8, 4) is 0 Å². The molecule has 0 aromatic heterocycles. The molecule has 0 fully saturated rings. The van der Waals surface area contributed by atoms with Gasteiger partial charge >= 0.3 is 5.97 Å². The number of amides is 1. The second-order valence-electron chi connectivity index (χ2n) is 23.5. The molecule has 6 heteroatoms. The highest BCUT2D eigenvalue weighted by Gasteiger charge is 2.20. The summed E-state index contributed by atoms with van der Waals surface area (Å²) in [6.45, 7) is 4.92. The first-order valence-corrected chi connectivity index (χ1v) is 34.1. The van der Waals surface area contributed by atoms with Crippen LogP contribution >= 0.6 is 0 Å². The van der Waals surface area contributed by atoms with E-state index in [1.54, 1.807) is 0 Å². The Kier molecular flexibility index (Phi) is 63.4. The second-order valence-corrected chi connectivity index (χ2v) is 23.5. The van der Waals surface area contributed by atoms with Crippen molar-refractivity contribution in [3.63, 3.8) is 0 Å². The topological polar surface area (TPSA) is 95.9 Å². The molecule has 3 N–H and O–H groups in total. The van der Waals surface area contributed by atoms with E-state index in [1.165, 1.54) is 295 Å². The van der Waals surface area contributed by atoms with Crippen LogP contribution in [0.3, 0.4) is 0 Å². The summed E-state index contributed by atoms with van der Waals surface area (Å²) < 4.78 is 5.48. The Labute approximate surface area is 469 Å². The van der Waals surface area contributed by atoms with Gasteiger partial charge in [-0.2, -0.15) is 0 Å². The number of aliphatic hydroxyl groups is 2. The molecule has 6 nitrogen and oxygen atoms in total. The summed E-state index contributed by atoms with van der Waals surface area (Å²) in [6, 6.07) is -0.539. The lowest BCUT2D eigenvalue weighted by atomic mass is 10.0. The molecule has 0 heterocycles. The first-order chi connectivity index (χ1) is 37.0. The molecule has 0 spiro atoms. The zero-order valence-corrected chi connectivity index (χ0v) is 50.8. The van der Waals surface area contributed by atoms with Gasteiger partial charge in [-0.3, -0.25) is 9.59 Å². The van der Waals surface area contributed by atoms with Gasteiger partial charge in [-0.15, -0.1) is 0 Å². The molecule has 0 aromatic carbocycles. The first-order valence-electron chi connectivity index (χ1n) is 34.1. The Bertz CT molecular complexity index is 1170. The third-order valence-electron chi connectivity index (χ3n) is 16.0. The van der Waals surface area contributed by atoms with E-state index in [-0.39, 0.29) is 18.5 Å². The van der Waals surface area contributed by atoms with Crippen molar-refractivity contribution in [2.75, 3.05) is 13.2 Å². The lowest BCUT2D eigenvalue weighted by Gasteiger charge is -2.22. The van der Waals surface area contributed by atoms with Crippen molar-refractivity contribution in [2.45, 2.75) is 392 Å². The fourth-order valence-electron chi connectivity index (χ4n) is 10.8. The van der Waals surface area contributed by atoms with Gasteiger partial charge in [0.2, 0.25) is 5.91 Å². The Balaban J connectivity index is 3.34. The minimum absolute atomic E-state index is 0.00392. The highest BCUT2D eigenvalue weighted by Crippen LogP contribution is 2.19. The maximum absolute atomic E-state index is 12.5. The van der Waals surface area contributed by atoms with E-state index in [0.29, 0.717) is 25.9 Å². The van der Waals surface area contributed by atoms with Crippen molar-refractivity contribution in [2.24, 2.45) is 0 Å². The van der Waals surface area contributed by atoms with Gasteiger partial charge in [0.25, 0.3) is 0 Å². The van der Waals surface area contributed by atoms with Crippen molar-refractivity contribution in [1.29, 1.82) is 0 Å². The molecule has 444 valence electrons. The molecule has 0 aliphatic carbocycles. The highest BCUT2D eigenvalue weighted by atomic mass is 16.5. The normalized spacial score (nSPS) is 12.6. The standard InChI is InChI=1S/C69H133NO5/c1-3-5-7-9-11-13-15-17-18-31-34-38-41-45-49-53-57-61-67(72)66(65-71)70-68(73)62-58-54-50-46-42-39-35-32-29-27-25-23-21-19-20-22-24-26-28-30-33-36-40-44-48-52-56-60-64-75-69(74)63-59-55-51-47-43-37-16-14-12-10-8-6-4-2/h8,10,14,16,66-67,71-72H,3-7,9,11-13,15,17-65H2,1-2H3,(H,70,73)/b10-8-,16-14-. The smallest absolute Gasteiger partial charge is 0.305 e. The number of ether oxygens (including phenoxy) is 1. The Morgan fingerprint density at radius 1 is 0.373 bits per heavy atom. The van der Waals surface area contributed by atoms with Crippen LogP contribution in [0.4, 0.5) is 0 Å². The second kappa shape index (κ2) is 64.9. The third-order valence-corrected chi connectivity index (χ3v) is 16.0. The van der Waals surface area contributed by atoms with Crippen LogP contribution in [0, 0.1) is 0 Å². The molecule has 0 aliphatic heterocycles. The largest absolute Gasteiger partial charge is 0.466 e. The van der Waals surface area contributed by atoms with Crippen LogP contribution in [0.25, 0.3) is 0 Å². The molecule has 0 saturated heterocycles. The van der Waals surface area contributed by atoms with E-state index < -0.39 is 12.1 Å². The molecular formula is C69H133NO5. The molecule has 0 bridgehead atoms. The van der Waals surface area contributed by atoms with Gasteiger partial charge < -0.3 is 20.3 Å². The molecule has 2 unspecified atom stereocenters. The zero-order valence-electron chi connectivity index (χ0n) is 50.8. The SMILES string of the molecule is CCC/C=C\C/C=C\CCCCCCCC(=O)OCCCCCCCCCCCCCCCCCCCCCCCCCCCCCCC(=O)NC(CO)C(O)CCCCCCCCCCCCCCCCCCC. The Hall–Kier alpha value is -1.66. The van der Waals surface area contributed by atoms with Gasteiger partial charge in [-0.1, -0.05) is 340 Å². The number of rotatable bonds is 64. The van der Waals surface area contributed by atoms with Gasteiger partial charge in [0, 0.05) is 12.8 Å². The summed E-state index contributed by atoms with van der Waals surface area (Å²) in [5, 5.41) is 23.4. The molecule has 0 aromatic rings. The maximum atomic E-state index is 12.5. The predicted molar refractivity (Wildman–Crippen MR) is 329 cm³/mol. The van der Waals surface area contributed by atoms with Crippen LogP contribution in [0.5, 0.6) is 0 Å². The van der Waals surface area contributed by atoms with Crippen LogP contribution in [0.2, 0.25) is 0 Å². The van der Waals surface area contributed by atoms with E-state index >= 15 is 0 Å². The first kappa shape index (κ1) is 73.3. The zero-order chi connectivity index (χ0) is 54.3. The predicted octanol–water partition coefficient (Wildman–Crippen LogP) is 21.8. The van der Waals surface area contributed by atoms with Crippen molar-refractivity contribution in [3.05, 3.63) is 24.3 Å². The van der Waals surface area contributed by atoms with Crippen LogP contribution < -0.4 is 5.32 Å². The van der Waals surface area contributed by atoms with E-state index in [4.69, 9.17) is 4.74 Å². The fourth-order valence-corrected chi connectivity index (χ4v) is 10.8. The number of hydrogen-bond acceptors (Lipinski definition) is 5. The monoisotopic (exact) mass is 1060 g/mol. The molecular weight excluding hydrogens is 923 g/mol. The average molecular weight is 1060 g/mol. The summed E-state index contributed by atoms with van der Waals surface area (Å²) in [4.78, 5) is 24.6. The molecule has 0 radical (unpaired) electrons. The fraction of sp³-hybridized carbons (Fsp3) is 0.913. The third kappa shape index (κ3) is 61.4. The molecule has 0 saturated carbocycles. The van der Waals surface area contributed by atoms with E-state index in [1.807, 2.05) is 0 Å². The number of unbranched alkanes of at least 4 members (excludes halogenated alkanes) is 49. The van der Waals surface area contributed by atoms with Gasteiger partial charge in [0.1, 0.15) is 0 Å². The molecule has 1 amide bonds. The number of nitrogens with one attached hydrogen (secondary N) is 1. The quantitative estimate of drug-likeness (QED) is 0.0320. The van der Waals surface area contributed by atoms with Crippen molar-refractivity contribution < 1.29 is 24.5 Å². The highest BCUT2D eigenvalue weighted by molar-refractivity contribution is 5.76. The molecule has 0 aliphatic rings. The lowest BCUT2D eigenvalue weighted by Crippen LogP contribution is -2.45. The summed E-state index contributed by atoms with van der Waals surface area (Å²) >= 11 is 0. The molecule has 75 heavy (non-hydrogen) atoms. The number of allylic oxidation sites excluding steroid dienone is 4. The van der Waals surface area contributed by atoms with Crippen LogP contribution in [0.1, 0.15) is 380 Å². The lowest BCUT2D eigenvalue weighted by molar-refractivity contribution is -0.143.